The van der Waals surface area contributed by atoms with Gasteiger partial charge >= 0.3 is 0 Å². The average molecular weight is 324 g/mol. The average Bonchev–Trinajstić information content (AvgIpc) is 2.92. The first kappa shape index (κ1) is 14.2. The van der Waals surface area contributed by atoms with Crippen molar-refractivity contribution >= 4 is 15.9 Å². The van der Waals surface area contributed by atoms with Crippen LogP contribution in [0.5, 0.6) is 5.75 Å². The van der Waals surface area contributed by atoms with E-state index in [0.29, 0.717) is 0 Å². The van der Waals surface area contributed by atoms with Gasteiger partial charge in [0.25, 0.3) is 0 Å². The Balaban J connectivity index is 2.28. The molecule has 0 aliphatic rings. The van der Waals surface area contributed by atoms with Crippen molar-refractivity contribution in [3.05, 3.63) is 52.4 Å². The van der Waals surface area contributed by atoms with E-state index in [4.69, 9.17) is 14.9 Å². The Bertz CT molecular complexity index is 525. The first-order chi connectivity index (χ1) is 9.11. The van der Waals surface area contributed by atoms with Gasteiger partial charge in [-0.25, -0.2) is 0 Å². The fraction of sp³-hybridized carbons (Fsp3) is 0.333. The summed E-state index contributed by atoms with van der Waals surface area (Å²) in [6.07, 6.45) is 2.19. The van der Waals surface area contributed by atoms with E-state index in [-0.39, 0.29) is 12.1 Å². The number of halogens is 1. The van der Waals surface area contributed by atoms with Crippen molar-refractivity contribution in [1.82, 2.24) is 0 Å². The lowest BCUT2D eigenvalue weighted by Crippen LogP contribution is -2.31. The summed E-state index contributed by atoms with van der Waals surface area (Å²) in [6, 6.07) is 9.59. The van der Waals surface area contributed by atoms with Gasteiger partial charge in [0.05, 0.1) is 6.26 Å². The third-order valence-electron chi connectivity index (χ3n) is 3.09. The lowest BCUT2D eigenvalue weighted by atomic mass is 10.1. The third-order valence-corrected chi connectivity index (χ3v) is 3.58. The molecule has 19 heavy (non-hydrogen) atoms. The SMILES string of the molecule is CCC(N)C(Oc1cc(Br)ccc1C)c1ccco1. The van der Waals surface area contributed by atoms with Gasteiger partial charge in [0, 0.05) is 10.5 Å². The van der Waals surface area contributed by atoms with Crippen molar-refractivity contribution in [2.45, 2.75) is 32.4 Å². The number of aryl methyl sites for hydroxylation is 1. The fourth-order valence-electron chi connectivity index (χ4n) is 1.86. The molecule has 2 N–H and O–H groups in total. The van der Waals surface area contributed by atoms with Crippen molar-refractivity contribution in [1.29, 1.82) is 0 Å². The number of ether oxygens (including phenoxy) is 1. The van der Waals surface area contributed by atoms with Gasteiger partial charge in [-0.1, -0.05) is 28.9 Å². The molecule has 0 radical (unpaired) electrons. The molecule has 102 valence electrons. The van der Waals surface area contributed by atoms with Gasteiger partial charge in [0.1, 0.15) is 11.5 Å². The maximum Gasteiger partial charge on any atom is 0.171 e. The summed E-state index contributed by atoms with van der Waals surface area (Å²) in [5.74, 6) is 1.58. The van der Waals surface area contributed by atoms with Gasteiger partial charge in [-0.15, -0.1) is 0 Å². The van der Waals surface area contributed by atoms with Gasteiger partial charge in [-0.3, -0.25) is 0 Å². The van der Waals surface area contributed by atoms with Gasteiger partial charge in [-0.05, 0) is 43.2 Å². The summed E-state index contributed by atoms with van der Waals surface area (Å²) in [5.41, 5.74) is 7.22. The van der Waals surface area contributed by atoms with E-state index in [1.54, 1.807) is 6.26 Å². The number of benzene rings is 1. The third kappa shape index (κ3) is 3.39. The van der Waals surface area contributed by atoms with Crippen LogP contribution in [0.2, 0.25) is 0 Å². The zero-order valence-corrected chi connectivity index (χ0v) is 12.7. The van der Waals surface area contributed by atoms with Crippen LogP contribution in [0.15, 0.2) is 45.5 Å². The fourth-order valence-corrected chi connectivity index (χ4v) is 2.20. The Kier molecular flexibility index (Phi) is 4.66. The molecule has 2 rings (SSSR count). The summed E-state index contributed by atoms with van der Waals surface area (Å²) in [4.78, 5) is 0. The maximum atomic E-state index is 6.15. The van der Waals surface area contributed by atoms with E-state index >= 15 is 0 Å². The van der Waals surface area contributed by atoms with Gasteiger partial charge in [-0.2, -0.15) is 0 Å². The molecular formula is C15H18BrNO2. The van der Waals surface area contributed by atoms with Crippen molar-refractivity contribution in [3.8, 4) is 5.75 Å². The predicted octanol–water partition coefficient (Wildman–Crippen LogP) is 4.21. The molecule has 1 heterocycles. The highest BCUT2D eigenvalue weighted by Crippen LogP contribution is 2.30. The van der Waals surface area contributed by atoms with Crippen LogP contribution in [0.1, 0.15) is 30.8 Å². The van der Waals surface area contributed by atoms with E-state index in [0.717, 1.165) is 28.0 Å². The molecule has 0 aliphatic carbocycles. The van der Waals surface area contributed by atoms with Crippen molar-refractivity contribution in [2.75, 3.05) is 0 Å². The summed E-state index contributed by atoms with van der Waals surface area (Å²) < 4.78 is 12.5. The number of hydrogen-bond donors (Lipinski definition) is 1. The van der Waals surface area contributed by atoms with Crippen LogP contribution in [0.4, 0.5) is 0 Å². The van der Waals surface area contributed by atoms with Crippen LogP contribution in [-0.2, 0) is 0 Å². The molecule has 0 spiro atoms. The highest BCUT2D eigenvalue weighted by Gasteiger charge is 2.23. The molecule has 1 aromatic carbocycles. The number of hydrogen-bond acceptors (Lipinski definition) is 3. The van der Waals surface area contributed by atoms with E-state index in [1.165, 1.54) is 0 Å². The normalized spacial score (nSPS) is 14.1. The molecule has 0 saturated carbocycles. The zero-order chi connectivity index (χ0) is 13.8. The van der Waals surface area contributed by atoms with Gasteiger partial charge < -0.3 is 14.9 Å². The molecule has 0 aliphatic heterocycles. The quantitative estimate of drug-likeness (QED) is 0.896. The standard InChI is InChI=1S/C15H18BrNO2/c1-3-12(17)15(13-5-4-8-18-13)19-14-9-11(16)7-6-10(14)2/h4-9,12,15H,3,17H2,1-2H3. The lowest BCUT2D eigenvalue weighted by Gasteiger charge is -2.23. The molecule has 4 heteroatoms. The van der Waals surface area contributed by atoms with Crippen LogP contribution in [0.3, 0.4) is 0 Å². The van der Waals surface area contributed by atoms with E-state index in [9.17, 15) is 0 Å². The Morgan fingerprint density at radius 2 is 2.16 bits per heavy atom. The second-order valence-corrected chi connectivity index (χ2v) is 5.45. The summed E-state index contributed by atoms with van der Waals surface area (Å²) in [5, 5.41) is 0. The van der Waals surface area contributed by atoms with E-state index < -0.39 is 0 Å². The Hall–Kier alpha value is -1.26. The van der Waals surface area contributed by atoms with Crippen molar-refractivity contribution in [2.24, 2.45) is 5.73 Å². The maximum absolute atomic E-state index is 6.15. The predicted molar refractivity (Wildman–Crippen MR) is 79.2 cm³/mol. The van der Waals surface area contributed by atoms with E-state index in [1.807, 2.05) is 44.2 Å². The van der Waals surface area contributed by atoms with E-state index in [2.05, 4.69) is 15.9 Å². The second-order valence-electron chi connectivity index (χ2n) is 4.54. The topological polar surface area (TPSA) is 48.4 Å². The molecule has 0 bridgehead atoms. The van der Waals surface area contributed by atoms with Crippen LogP contribution in [-0.4, -0.2) is 6.04 Å². The summed E-state index contributed by atoms with van der Waals surface area (Å²) >= 11 is 3.45. The minimum atomic E-state index is -0.270. The monoisotopic (exact) mass is 323 g/mol. The minimum Gasteiger partial charge on any atom is -0.481 e. The van der Waals surface area contributed by atoms with Crippen molar-refractivity contribution in [3.63, 3.8) is 0 Å². The molecule has 0 fully saturated rings. The molecular weight excluding hydrogens is 306 g/mol. The highest BCUT2D eigenvalue weighted by atomic mass is 79.9. The molecule has 1 aromatic heterocycles. The summed E-state index contributed by atoms with van der Waals surface area (Å²) in [7, 11) is 0. The Morgan fingerprint density at radius 3 is 2.79 bits per heavy atom. The zero-order valence-electron chi connectivity index (χ0n) is 11.1. The molecule has 3 nitrogen and oxygen atoms in total. The van der Waals surface area contributed by atoms with Crippen molar-refractivity contribution < 1.29 is 9.15 Å². The lowest BCUT2D eigenvalue weighted by molar-refractivity contribution is 0.143. The summed E-state index contributed by atoms with van der Waals surface area (Å²) in [6.45, 7) is 4.05. The van der Waals surface area contributed by atoms with Crippen LogP contribution < -0.4 is 10.5 Å². The first-order valence-corrected chi connectivity index (χ1v) is 7.13. The van der Waals surface area contributed by atoms with Gasteiger partial charge in [0.15, 0.2) is 6.10 Å². The van der Waals surface area contributed by atoms with Crippen LogP contribution in [0, 0.1) is 6.92 Å². The van der Waals surface area contributed by atoms with Crippen LogP contribution in [0.25, 0.3) is 0 Å². The van der Waals surface area contributed by atoms with Gasteiger partial charge in [0.2, 0.25) is 0 Å². The number of rotatable bonds is 5. The molecule has 2 aromatic rings. The molecule has 0 saturated heterocycles. The smallest absolute Gasteiger partial charge is 0.171 e. The number of furan rings is 1. The highest BCUT2D eigenvalue weighted by molar-refractivity contribution is 9.10. The largest absolute Gasteiger partial charge is 0.481 e. The number of nitrogens with two attached hydrogens (primary N) is 1. The molecule has 2 unspecified atom stereocenters. The van der Waals surface area contributed by atoms with Crippen LogP contribution >= 0.6 is 15.9 Å². The second kappa shape index (κ2) is 6.26. The minimum absolute atomic E-state index is 0.107. The Morgan fingerprint density at radius 1 is 1.37 bits per heavy atom. The first-order valence-electron chi connectivity index (χ1n) is 6.33. The molecule has 0 amide bonds. The molecule has 2 atom stereocenters. The Labute approximate surface area is 121 Å².